The number of hydrogen-bond acceptors (Lipinski definition) is 4. The Balaban J connectivity index is 1.51. The molecule has 5 heteroatoms. The molecule has 0 bridgehead atoms. The predicted octanol–water partition coefficient (Wildman–Crippen LogP) is 2.78. The van der Waals surface area contributed by atoms with Gasteiger partial charge < -0.3 is 4.90 Å². The third-order valence-corrected chi connectivity index (χ3v) is 4.74. The van der Waals surface area contributed by atoms with Crippen molar-refractivity contribution in [2.75, 3.05) is 26.2 Å². The summed E-state index contributed by atoms with van der Waals surface area (Å²) in [5.74, 6) is 0. The Hall–Kier alpha value is -1.85. The summed E-state index contributed by atoms with van der Waals surface area (Å²) in [7, 11) is 0. The average molecular weight is 340 g/mol. The van der Waals surface area contributed by atoms with Crippen molar-refractivity contribution in [2.45, 2.75) is 26.8 Å². The summed E-state index contributed by atoms with van der Waals surface area (Å²) < 4.78 is 0. The third-order valence-electron chi connectivity index (χ3n) is 4.34. The van der Waals surface area contributed by atoms with Crippen LogP contribution in [-0.2, 0) is 13.0 Å². The number of aromatic nitrogens is 2. The molecule has 1 aliphatic rings. The van der Waals surface area contributed by atoms with Gasteiger partial charge in [0, 0.05) is 62.9 Å². The van der Waals surface area contributed by atoms with Gasteiger partial charge in [0.25, 0.3) is 0 Å². The van der Waals surface area contributed by atoms with E-state index in [1.54, 1.807) is 0 Å². The maximum Gasteiger partial charge on any atom is 0.0840 e. The highest BCUT2D eigenvalue weighted by Gasteiger charge is 2.19. The first-order valence-electron chi connectivity index (χ1n) is 8.43. The zero-order valence-electron chi connectivity index (χ0n) is 14.4. The van der Waals surface area contributed by atoms with Gasteiger partial charge in [0.15, 0.2) is 0 Å². The van der Waals surface area contributed by atoms with Gasteiger partial charge in [-0.05, 0) is 43.2 Å². The zero-order chi connectivity index (χ0) is 16.9. The van der Waals surface area contributed by atoms with Crippen molar-refractivity contribution < 1.29 is 0 Å². The maximum atomic E-state index is 5.67. The molecule has 0 unspecified atom stereocenters. The van der Waals surface area contributed by atoms with Crippen LogP contribution in [0.2, 0.25) is 0 Å². The normalized spacial score (nSPS) is 15.5. The Morgan fingerprint density at radius 3 is 2.62 bits per heavy atom. The Labute approximate surface area is 149 Å². The van der Waals surface area contributed by atoms with E-state index >= 15 is 0 Å². The van der Waals surface area contributed by atoms with Crippen LogP contribution in [0, 0.1) is 13.8 Å². The Bertz CT molecular complexity index is 674. The molecule has 0 aliphatic carbocycles. The van der Waals surface area contributed by atoms with Crippen molar-refractivity contribution in [3.05, 3.63) is 59.2 Å². The summed E-state index contributed by atoms with van der Waals surface area (Å²) in [6.07, 6.45) is 4.53. The van der Waals surface area contributed by atoms with E-state index in [2.05, 4.69) is 44.9 Å². The van der Waals surface area contributed by atoms with E-state index in [1.165, 1.54) is 11.1 Å². The van der Waals surface area contributed by atoms with Crippen molar-refractivity contribution in [1.29, 1.82) is 0 Å². The van der Waals surface area contributed by atoms with Gasteiger partial charge in [-0.25, -0.2) is 0 Å². The van der Waals surface area contributed by atoms with E-state index < -0.39 is 0 Å². The molecule has 3 rings (SSSR count). The van der Waals surface area contributed by atoms with Gasteiger partial charge in [-0.1, -0.05) is 18.3 Å². The van der Waals surface area contributed by atoms with Crippen LogP contribution < -0.4 is 0 Å². The Morgan fingerprint density at radius 2 is 1.96 bits per heavy atom. The molecule has 3 heterocycles. The SMILES string of the molecule is Cc1cc(C)nc(CC(=S)N2CCN(Cc3cccnc3)CC2)c1. The second kappa shape index (κ2) is 7.81. The van der Waals surface area contributed by atoms with Crippen molar-refractivity contribution in [2.24, 2.45) is 0 Å². The van der Waals surface area contributed by atoms with E-state index in [0.29, 0.717) is 0 Å². The first kappa shape index (κ1) is 17.0. The van der Waals surface area contributed by atoms with Gasteiger partial charge in [-0.15, -0.1) is 0 Å². The molecule has 1 aliphatic heterocycles. The summed E-state index contributed by atoms with van der Waals surface area (Å²) in [5, 5.41) is 0. The minimum Gasteiger partial charge on any atom is -0.363 e. The minimum absolute atomic E-state index is 0.764. The number of aryl methyl sites for hydroxylation is 2. The molecule has 4 nitrogen and oxygen atoms in total. The first-order chi connectivity index (χ1) is 11.6. The fraction of sp³-hybridized carbons (Fsp3) is 0.421. The lowest BCUT2D eigenvalue weighted by molar-refractivity contribution is 0.176. The lowest BCUT2D eigenvalue weighted by Gasteiger charge is -2.36. The van der Waals surface area contributed by atoms with Gasteiger partial charge in [-0.2, -0.15) is 0 Å². The van der Waals surface area contributed by atoms with Crippen molar-refractivity contribution in [1.82, 2.24) is 19.8 Å². The van der Waals surface area contributed by atoms with Crippen molar-refractivity contribution >= 4 is 17.2 Å². The monoisotopic (exact) mass is 340 g/mol. The summed E-state index contributed by atoms with van der Waals surface area (Å²) in [4.78, 5) is 14.6. The second-order valence-electron chi connectivity index (χ2n) is 6.47. The molecule has 0 aromatic carbocycles. The summed E-state index contributed by atoms with van der Waals surface area (Å²) in [5.41, 5.74) is 4.67. The number of rotatable bonds is 4. The number of hydrogen-bond donors (Lipinski definition) is 0. The van der Waals surface area contributed by atoms with Crippen LogP contribution in [0.15, 0.2) is 36.7 Å². The van der Waals surface area contributed by atoms with Crippen LogP contribution in [0.5, 0.6) is 0 Å². The van der Waals surface area contributed by atoms with Crippen LogP contribution in [0.1, 0.15) is 22.5 Å². The van der Waals surface area contributed by atoms with E-state index in [-0.39, 0.29) is 0 Å². The third kappa shape index (κ3) is 4.58. The number of thiocarbonyl (C=S) groups is 1. The minimum atomic E-state index is 0.764. The van der Waals surface area contributed by atoms with E-state index in [0.717, 1.165) is 55.5 Å². The molecule has 1 saturated heterocycles. The van der Waals surface area contributed by atoms with Gasteiger partial charge >= 0.3 is 0 Å². The first-order valence-corrected chi connectivity index (χ1v) is 8.84. The molecule has 0 N–H and O–H groups in total. The summed E-state index contributed by atoms with van der Waals surface area (Å²) in [6.45, 7) is 9.17. The fourth-order valence-electron chi connectivity index (χ4n) is 3.19. The second-order valence-corrected chi connectivity index (χ2v) is 6.94. The Morgan fingerprint density at radius 1 is 1.17 bits per heavy atom. The van der Waals surface area contributed by atoms with E-state index in [4.69, 9.17) is 12.2 Å². The molecule has 126 valence electrons. The highest BCUT2D eigenvalue weighted by atomic mass is 32.1. The van der Waals surface area contributed by atoms with Gasteiger partial charge in [0.1, 0.15) is 0 Å². The quantitative estimate of drug-likeness (QED) is 0.799. The predicted molar refractivity (Wildman–Crippen MR) is 101 cm³/mol. The lowest BCUT2D eigenvalue weighted by Crippen LogP contribution is -2.48. The lowest BCUT2D eigenvalue weighted by atomic mass is 10.1. The molecule has 1 fully saturated rings. The van der Waals surface area contributed by atoms with E-state index in [9.17, 15) is 0 Å². The highest BCUT2D eigenvalue weighted by Crippen LogP contribution is 2.11. The summed E-state index contributed by atoms with van der Waals surface area (Å²) in [6, 6.07) is 8.37. The number of nitrogens with zero attached hydrogens (tertiary/aromatic N) is 4. The van der Waals surface area contributed by atoms with Gasteiger partial charge in [-0.3, -0.25) is 14.9 Å². The topological polar surface area (TPSA) is 32.3 Å². The largest absolute Gasteiger partial charge is 0.363 e. The number of pyridine rings is 2. The standard InChI is InChI=1S/C19H24N4S/c1-15-10-16(2)21-18(11-15)12-19(24)23-8-6-22(7-9-23)14-17-4-3-5-20-13-17/h3-5,10-11,13H,6-9,12,14H2,1-2H3. The smallest absolute Gasteiger partial charge is 0.0840 e. The van der Waals surface area contributed by atoms with Crippen LogP contribution in [0.3, 0.4) is 0 Å². The Kier molecular flexibility index (Phi) is 5.53. The molecule has 0 amide bonds. The summed E-state index contributed by atoms with van der Waals surface area (Å²) >= 11 is 5.67. The molecule has 2 aromatic rings. The molecule has 24 heavy (non-hydrogen) atoms. The van der Waals surface area contributed by atoms with E-state index in [1.807, 2.05) is 25.4 Å². The van der Waals surface area contributed by atoms with Crippen molar-refractivity contribution in [3.63, 3.8) is 0 Å². The van der Waals surface area contributed by atoms with Crippen LogP contribution >= 0.6 is 12.2 Å². The average Bonchev–Trinajstić information content (AvgIpc) is 2.55. The fourth-order valence-corrected chi connectivity index (χ4v) is 3.52. The van der Waals surface area contributed by atoms with Gasteiger partial charge in [0.2, 0.25) is 0 Å². The van der Waals surface area contributed by atoms with Gasteiger partial charge in [0.05, 0.1) is 4.99 Å². The zero-order valence-corrected chi connectivity index (χ0v) is 15.2. The van der Waals surface area contributed by atoms with Crippen LogP contribution in [0.25, 0.3) is 0 Å². The maximum absolute atomic E-state index is 5.67. The molecule has 0 atom stereocenters. The van der Waals surface area contributed by atoms with Crippen molar-refractivity contribution in [3.8, 4) is 0 Å². The highest BCUT2D eigenvalue weighted by molar-refractivity contribution is 7.80. The molecular formula is C19H24N4S. The molecule has 0 spiro atoms. The molecule has 0 radical (unpaired) electrons. The molecule has 0 saturated carbocycles. The molecule has 2 aromatic heterocycles. The van der Waals surface area contributed by atoms with Crippen LogP contribution in [-0.4, -0.2) is 50.9 Å². The molecular weight excluding hydrogens is 316 g/mol. The number of piperazine rings is 1. The van der Waals surface area contributed by atoms with Crippen LogP contribution in [0.4, 0.5) is 0 Å².